The average molecular weight is 464 g/mol. The van der Waals surface area contributed by atoms with Gasteiger partial charge in [-0.05, 0) is 12.1 Å². The van der Waals surface area contributed by atoms with Gasteiger partial charge >= 0.3 is 0 Å². The zero-order valence-electron chi connectivity index (χ0n) is 16.7. The molecule has 12 nitrogen and oxygen atoms in total. The van der Waals surface area contributed by atoms with Crippen LogP contribution in [0.5, 0.6) is 28.7 Å². The Morgan fingerprint density at radius 1 is 0.939 bits per heavy atom. The number of aliphatic hydroxyl groups excluding tert-OH is 4. The Morgan fingerprint density at radius 3 is 2.33 bits per heavy atom. The van der Waals surface area contributed by atoms with Gasteiger partial charge in [0.25, 0.3) is 0 Å². The average Bonchev–Trinajstić information content (AvgIpc) is 2.75. The second kappa shape index (κ2) is 8.50. The number of hydrogen-bond acceptors (Lipinski definition) is 12. The molecule has 0 aliphatic carbocycles. The molecule has 1 unspecified atom stereocenters. The number of aliphatic hydroxyl groups is 4. The molecule has 2 aliphatic heterocycles. The Balaban J connectivity index is 1.59. The van der Waals surface area contributed by atoms with Gasteiger partial charge in [-0.15, -0.1) is 0 Å². The first-order valence-corrected chi connectivity index (χ1v) is 9.73. The summed E-state index contributed by atoms with van der Waals surface area (Å²) in [7, 11) is 0. The summed E-state index contributed by atoms with van der Waals surface area (Å²) in [4.78, 5) is 25.0. The highest BCUT2D eigenvalue weighted by atomic mass is 16.7. The molecule has 1 saturated heterocycles. The third-order valence-electron chi connectivity index (χ3n) is 5.44. The van der Waals surface area contributed by atoms with Crippen LogP contribution >= 0.6 is 0 Å². The molecule has 0 spiro atoms. The zero-order chi connectivity index (χ0) is 24.0. The first-order chi connectivity index (χ1) is 15.6. The minimum Gasteiger partial charge on any atom is -0.508 e. The molecule has 0 saturated carbocycles. The van der Waals surface area contributed by atoms with Gasteiger partial charge in [0.2, 0.25) is 17.9 Å². The molecule has 0 amide bonds. The quantitative estimate of drug-likeness (QED) is 0.274. The summed E-state index contributed by atoms with van der Waals surface area (Å²) in [6.07, 6.45) is -7.97. The molecule has 0 bridgehead atoms. The fraction of sp³-hybridized carbons (Fsp3) is 0.333. The van der Waals surface area contributed by atoms with Crippen molar-refractivity contribution in [2.45, 2.75) is 30.9 Å². The largest absolute Gasteiger partial charge is 0.508 e. The fourth-order valence-corrected chi connectivity index (χ4v) is 3.68. The predicted molar refractivity (Wildman–Crippen MR) is 105 cm³/mol. The van der Waals surface area contributed by atoms with Crippen molar-refractivity contribution in [3.05, 3.63) is 41.5 Å². The molecular weight excluding hydrogens is 444 g/mol. The van der Waals surface area contributed by atoms with Crippen molar-refractivity contribution in [2.75, 3.05) is 6.61 Å². The van der Waals surface area contributed by atoms with Crippen molar-refractivity contribution >= 4 is 11.6 Å². The van der Waals surface area contributed by atoms with Crippen molar-refractivity contribution < 1.29 is 59.5 Å². The Bertz CT molecular complexity index is 1100. The number of ether oxygens (including phenoxy) is 3. The van der Waals surface area contributed by atoms with E-state index >= 15 is 0 Å². The van der Waals surface area contributed by atoms with E-state index in [4.69, 9.17) is 14.2 Å². The highest BCUT2D eigenvalue weighted by Gasteiger charge is 2.45. The van der Waals surface area contributed by atoms with Crippen molar-refractivity contribution in [2.24, 2.45) is 5.92 Å². The van der Waals surface area contributed by atoms with Gasteiger partial charge in [-0.2, -0.15) is 0 Å². The first kappa shape index (κ1) is 22.8. The number of carbonyl (C=O) groups is 2. The number of Topliss-reactive ketones (excluding diaryl/α,β-unsaturated/α-hetero) is 2. The van der Waals surface area contributed by atoms with Crippen molar-refractivity contribution in [1.82, 2.24) is 0 Å². The molecule has 0 aromatic heterocycles. The van der Waals surface area contributed by atoms with E-state index in [0.717, 1.165) is 18.2 Å². The van der Waals surface area contributed by atoms with Crippen molar-refractivity contribution in [3.8, 4) is 28.7 Å². The lowest BCUT2D eigenvalue weighted by atomic mass is 9.94. The van der Waals surface area contributed by atoms with Crippen molar-refractivity contribution in [3.63, 3.8) is 0 Å². The van der Waals surface area contributed by atoms with Crippen LogP contribution in [0.4, 0.5) is 0 Å². The van der Waals surface area contributed by atoms with Crippen molar-refractivity contribution in [1.29, 1.82) is 0 Å². The van der Waals surface area contributed by atoms with Crippen LogP contribution in [0.2, 0.25) is 0 Å². The van der Waals surface area contributed by atoms with Gasteiger partial charge < -0.3 is 50.0 Å². The molecule has 2 aromatic rings. The maximum Gasteiger partial charge on any atom is 0.248 e. The number of fused-ring (bicyclic) bond motifs is 1. The molecule has 176 valence electrons. The number of rotatable bonds is 4. The molecule has 2 aromatic carbocycles. The lowest BCUT2D eigenvalue weighted by Gasteiger charge is -2.39. The SMILES string of the molecule is O=C1C(=O)C(c2ccc(O[C@H]3O[C@H](O)[C@@H](O)[C@H](O)[C@H]3CO)c(O)c2)Oc2cc(O)cc(O)c21. The lowest BCUT2D eigenvalue weighted by molar-refractivity contribution is -0.313. The molecule has 6 atom stereocenters. The Labute approximate surface area is 185 Å². The molecule has 12 heteroatoms. The van der Waals surface area contributed by atoms with Crippen LogP contribution in [0.3, 0.4) is 0 Å². The number of hydrogen-bond donors (Lipinski definition) is 7. The fourth-order valence-electron chi connectivity index (χ4n) is 3.68. The van der Waals surface area contributed by atoms with Gasteiger partial charge in [-0.25, -0.2) is 0 Å². The Kier molecular flexibility index (Phi) is 5.86. The Morgan fingerprint density at radius 2 is 1.67 bits per heavy atom. The summed E-state index contributed by atoms with van der Waals surface area (Å²) in [6.45, 7) is -0.667. The third kappa shape index (κ3) is 3.94. The molecular formula is C21H20O12. The summed E-state index contributed by atoms with van der Waals surface area (Å²) >= 11 is 0. The van der Waals surface area contributed by atoms with Gasteiger partial charge in [0.15, 0.2) is 23.9 Å². The normalized spacial score (nSPS) is 29.3. The van der Waals surface area contributed by atoms with E-state index in [2.05, 4.69) is 0 Å². The van der Waals surface area contributed by atoms with Gasteiger partial charge in [-0.3, -0.25) is 9.59 Å². The highest BCUT2D eigenvalue weighted by molar-refractivity contribution is 6.47. The number of benzene rings is 2. The van der Waals surface area contributed by atoms with E-state index in [-0.39, 0.29) is 28.4 Å². The van der Waals surface area contributed by atoms with E-state index in [1.165, 1.54) is 12.1 Å². The second-order valence-corrected chi connectivity index (χ2v) is 7.60. The first-order valence-electron chi connectivity index (χ1n) is 9.73. The minimum absolute atomic E-state index is 0.0467. The number of phenolic OH excluding ortho intramolecular Hbond substituents is 3. The summed E-state index contributed by atoms with van der Waals surface area (Å²) in [5.74, 6) is -5.19. The maximum atomic E-state index is 12.5. The van der Waals surface area contributed by atoms with Crippen LogP contribution in [-0.4, -0.2) is 78.7 Å². The molecule has 2 aliphatic rings. The molecule has 4 rings (SSSR count). The molecule has 1 fully saturated rings. The van der Waals surface area contributed by atoms with Gasteiger partial charge in [-0.1, -0.05) is 6.07 Å². The van der Waals surface area contributed by atoms with Gasteiger partial charge in [0, 0.05) is 17.7 Å². The van der Waals surface area contributed by atoms with Crippen LogP contribution in [-0.2, 0) is 9.53 Å². The van der Waals surface area contributed by atoms with E-state index in [1.54, 1.807) is 0 Å². The topological polar surface area (TPSA) is 203 Å². The van der Waals surface area contributed by atoms with Crippen LogP contribution in [0.25, 0.3) is 0 Å². The predicted octanol–water partition coefficient (Wildman–Crippen LogP) is -0.927. The summed E-state index contributed by atoms with van der Waals surface area (Å²) < 4.78 is 16.0. The monoisotopic (exact) mass is 464 g/mol. The standard InChI is InChI=1S/C21H20O12/c22-6-9-15(26)18(29)20(30)33-21(9)32-12-2-1-7(3-10(12)24)19-17(28)16(27)14-11(25)4-8(23)5-13(14)31-19/h1-5,9,15,18-26,29-30H,6H2/t9-,15-,18+,19?,20+,21+/m1/s1. The molecule has 2 heterocycles. The number of carbonyl (C=O) groups excluding carboxylic acids is 2. The van der Waals surface area contributed by atoms with Crippen LogP contribution < -0.4 is 9.47 Å². The third-order valence-corrected chi connectivity index (χ3v) is 5.44. The van der Waals surface area contributed by atoms with Crippen LogP contribution in [0, 0.1) is 5.92 Å². The minimum atomic E-state index is -1.80. The van der Waals surface area contributed by atoms with E-state index in [9.17, 15) is 45.3 Å². The number of aromatic hydroxyl groups is 3. The molecule has 0 radical (unpaired) electrons. The summed E-state index contributed by atoms with van der Waals surface area (Å²) in [6, 6.07) is 5.51. The number of phenols is 3. The Hall–Kier alpha value is -3.42. The van der Waals surface area contributed by atoms with E-state index in [1.807, 2.05) is 0 Å². The summed E-state index contributed by atoms with van der Waals surface area (Å²) in [5.41, 5.74) is -0.340. The number of ketones is 2. The van der Waals surface area contributed by atoms with Crippen LogP contribution in [0.15, 0.2) is 30.3 Å². The zero-order valence-corrected chi connectivity index (χ0v) is 16.7. The highest BCUT2D eigenvalue weighted by Crippen LogP contribution is 2.42. The second-order valence-electron chi connectivity index (χ2n) is 7.60. The summed E-state index contributed by atoms with van der Waals surface area (Å²) in [5, 5.41) is 68.7. The maximum absolute atomic E-state index is 12.5. The molecule has 7 N–H and O–H groups in total. The van der Waals surface area contributed by atoms with E-state index < -0.39 is 66.5 Å². The smallest absolute Gasteiger partial charge is 0.248 e. The molecule has 33 heavy (non-hydrogen) atoms. The van der Waals surface area contributed by atoms with Crippen LogP contribution in [0.1, 0.15) is 22.0 Å². The lowest BCUT2D eigenvalue weighted by Crippen LogP contribution is -2.57. The van der Waals surface area contributed by atoms with Gasteiger partial charge in [0.1, 0.15) is 28.9 Å². The van der Waals surface area contributed by atoms with Gasteiger partial charge in [0.05, 0.1) is 18.6 Å². The van der Waals surface area contributed by atoms with E-state index in [0.29, 0.717) is 0 Å².